The number of para-hydroxylation sites is 1. The van der Waals surface area contributed by atoms with Gasteiger partial charge in [-0.1, -0.05) is 37.7 Å². The molecule has 2 aromatic rings. The van der Waals surface area contributed by atoms with E-state index in [1.165, 1.54) is 11.8 Å². The Morgan fingerprint density at radius 2 is 1.94 bits per heavy atom. The minimum absolute atomic E-state index is 0.0821. The third-order valence-corrected chi connectivity index (χ3v) is 5.96. The number of nitrogens with zero attached hydrogens (tertiary/aromatic N) is 3. The fourth-order valence-corrected chi connectivity index (χ4v) is 4.43. The maximum Gasteiger partial charge on any atom is 0.259 e. The second kappa shape index (κ2) is 9.56. The van der Waals surface area contributed by atoms with Gasteiger partial charge in [-0.2, -0.15) is 0 Å². The first-order valence-corrected chi connectivity index (χ1v) is 11.7. The zero-order valence-corrected chi connectivity index (χ0v) is 19.2. The molecule has 2 heterocycles. The van der Waals surface area contributed by atoms with Crippen LogP contribution in [0.25, 0.3) is 0 Å². The highest BCUT2D eigenvalue weighted by atomic mass is 32.2. The SMILES string of the molecule is CCOc1ccc(NC(=O)CSC2=Nc3ccccc3C3=NC(CC(C)C)C(=O)N23)cc1. The number of aliphatic imine (C=N–C) groups is 2. The normalized spacial score (nSPS) is 16.9. The molecule has 0 aromatic heterocycles. The highest BCUT2D eigenvalue weighted by Gasteiger charge is 2.41. The Balaban J connectivity index is 1.48. The largest absolute Gasteiger partial charge is 0.494 e. The number of rotatable bonds is 7. The predicted octanol–water partition coefficient (Wildman–Crippen LogP) is 4.46. The number of ether oxygens (including phenoxy) is 1. The van der Waals surface area contributed by atoms with Crippen molar-refractivity contribution in [2.24, 2.45) is 15.9 Å². The van der Waals surface area contributed by atoms with Gasteiger partial charge >= 0.3 is 0 Å². The van der Waals surface area contributed by atoms with Crippen LogP contribution in [0.5, 0.6) is 5.75 Å². The van der Waals surface area contributed by atoms with Gasteiger partial charge in [-0.25, -0.2) is 9.89 Å². The highest BCUT2D eigenvalue weighted by molar-refractivity contribution is 8.14. The second-order valence-corrected chi connectivity index (χ2v) is 8.92. The van der Waals surface area contributed by atoms with Gasteiger partial charge < -0.3 is 10.1 Å². The van der Waals surface area contributed by atoms with Crippen LogP contribution in [0.4, 0.5) is 11.4 Å². The Hall–Kier alpha value is -3.13. The summed E-state index contributed by atoms with van der Waals surface area (Å²) in [6, 6.07) is 14.5. The number of carbonyl (C=O) groups excluding carboxylic acids is 2. The van der Waals surface area contributed by atoms with Gasteiger partial charge in [0, 0.05) is 11.3 Å². The lowest BCUT2D eigenvalue weighted by atomic mass is 10.0. The molecule has 2 amide bonds. The first-order chi connectivity index (χ1) is 15.5. The summed E-state index contributed by atoms with van der Waals surface area (Å²) >= 11 is 1.24. The molecule has 0 spiro atoms. The maximum absolute atomic E-state index is 13.1. The lowest BCUT2D eigenvalue weighted by Crippen LogP contribution is -2.41. The molecule has 0 saturated heterocycles. The fourth-order valence-electron chi connectivity index (χ4n) is 3.63. The van der Waals surface area contributed by atoms with Crippen molar-refractivity contribution in [1.82, 2.24) is 4.90 Å². The molecule has 0 bridgehead atoms. The maximum atomic E-state index is 13.1. The van der Waals surface area contributed by atoms with Gasteiger partial charge in [0.1, 0.15) is 17.6 Å². The Morgan fingerprint density at radius 1 is 1.19 bits per heavy atom. The number of fused-ring (bicyclic) bond motifs is 3. The fraction of sp³-hybridized carbons (Fsp3) is 0.333. The van der Waals surface area contributed by atoms with Crippen molar-refractivity contribution >= 4 is 46.0 Å². The molecule has 2 aliphatic rings. The molecule has 2 aliphatic heterocycles. The third kappa shape index (κ3) is 4.70. The number of benzene rings is 2. The molecular formula is C24H26N4O3S. The molecule has 8 heteroatoms. The van der Waals surface area contributed by atoms with Crippen molar-refractivity contribution in [1.29, 1.82) is 0 Å². The van der Waals surface area contributed by atoms with Crippen LogP contribution in [0.2, 0.25) is 0 Å². The van der Waals surface area contributed by atoms with Crippen LogP contribution in [0.1, 0.15) is 32.8 Å². The molecule has 4 rings (SSSR count). The number of amides is 2. The van der Waals surface area contributed by atoms with Gasteiger partial charge in [-0.3, -0.25) is 14.6 Å². The van der Waals surface area contributed by atoms with E-state index in [2.05, 4.69) is 24.2 Å². The first kappa shape index (κ1) is 22.1. The molecular weight excluding hydrogens is 424 g/mol. The Kier molecular flexibility index (Phi) is 6.60. The average molecular weight is 451 g/mol. The van der Waals surface area contributed by atoms with Crippen LogP contribution in [-0.4, -0.2) is 46.1 Å². The third-order valence-electron chi connectivity index (χ3n) is 5.02. The number of thioether (sulfide) groups is 1. The summed E-state index contributed by atoms with van der Waals surface area (Å²) in [6.07, 6.45) is 0.678. The van der Waals surface area contributed by atoms with Crippen molar-refractivity contribution in [2.75, 3.05) is 17.7 Å². The van der Waals surface area contributed by atoms with E-state index < -0.39 is 6.04 Å². The first-order valence-electron chi connectivity index (χ1n) is 10.7. The van der Waals surface area contributed by atoms with Crippen molar-refractivity contribution in [3.05, 3.63) is 54.1 Å². The van der Waals surface area contributed by atoms with Crippen molar-refractivity contribution in [2.45, 2.75) is 33.2 Å². The summed E-state index contributed by atoms with van der Waals surface area (Å²) in [6.45, 7) is 6.67. The monoisotopic (exact) mass is 450 g/mol. The molecule has 0 aliphatic carbocycles. The van der Waals surface area contributed by atoms with E-state index in [0.717, 1.165) is 17.0 Å². The molecule has 0 radical (unpaired) electrons. The zero-order valence-electron chi connectivity index (χ0n) is 18.4. The summed E-state index contributed by atoms with van der Waals surface area (Å²) in [7, 11) is 0. The van der Waals surface area contributed by atoms with Gasteiger partial charge in [0.05, 0.1) is 18.0 Å². The lowest BCUT2D eigenvalue weighted by molar-refractivity contribution is -0.125. The zero-order chi connectivity index (χ0) is 22.7. The Morgan fingerprint density at radius 3 is 2.66 bits per heavy atom. The summed E-state index contributed by atoms with van der Waals surface area (Å²) in [5.41, 5.74) is 2.29. The number of carbonyl (C=O) groups is 2. The van der Waals surface area contributed by atoms with E-state index in [1.807, 2.05) is 43.3 Å². The van der Waals surface area contributed by atoms with E-state index in [1.54, 1.807) is 17.0 Å². The topological polar surface area (TPSA) is 83.4 Å². The van der Waals surface area contributed by atoms with Gasteiger partial charge in [-0.05, 0) is 55.7 Å². The molecule has 1 unspecified atom stereocenters. The van der Waals surface area contributed by atoms with E-state index in [0.29, 0.717) is 35.6 Å². The van der Waals surface area contributed by atoms with Crippen LogP contribution in [0, 0.1) is 5.92 Å². The molecule has 166 valence electrons. The van der Waals surface area contributed by atoms with Gasteiger partial charge in [0.25, 0.3) is 5.91 Å². The molecule has 1 atom stereocenters. The number of hydrogen-bond acceptors (Lipinski definition) is 6. The van der Waals surface area contributed by atoms with Crippen molar-refractivity contribution in [3.63, 3.8) is 0 Å². The van der Waals surface area contributed by atoms with E-state index in [9.17, 15) is 9.59 Å². The quantitative estimate of drug-likeness (QED) is 0.675. The van der Waals surface area contributed by atoms with Crippen molar-refractivity contribution < 1.29 is 14.3 Å². The molecule has 7 nitrogen and oxygen atoms in total. The summed E-state index contributed by atoms with van der Waals surface area (Å²) in [4.78, 5) is 36.6. The number of hydrogen-bond donors (Lipinski definition) is 1. The lowest BCUT2D eigenvalue weighted by Gasteiger charge is -2.25. The molecule has 0 saturated carbocycles. The van der Waals surface area contributed by atoms with Crippen LogP contribution < -0.4 is 10.1 Å². The second-order valence-electron chi connectivity index (χ2n) is 7.98. The number of anilines is 1. The van der Waals surface area contributed by atoms with Crippen LogP contribution >= 0.6 is 11.8 Å². The van der Waals surface area contributed by atoms with Crippen molar-refractivity contribution in [3.8, 4) is 5.75 Å². The van der Waals surface area contributed by atoms with Gasteiger partial charge in [0.2, 0.25) is 5.91 Å². The van der Waals surface area contributed by atoms with E-state index in [4.69, 9.17) is 9.73 Å². The minimum atomic E-state index is -0.417. The summed E-state index contributed by atoms with van der Waals surface area (Å²) in [5.74, 6) is 1.59. The molecule has 0 fully saturated rings. The van der Waals surface area contributed by atoms with Crippen LogP contribution in [-0.2, 0) is 9.59 Å². The number of amidine groups is 2. The Labute approximate surface area is 192 Å². The van der Waals surface area contributed by atoms with E-state index >= 15 is 0 Å². The standard InChI is InChI=1S/C24H26N4O3S/c1-4-31-17-11-9-16(10-12-17)25-21(29)14-32-24-27-19-8-6-5-7-18(19)22-26-20(13-15(2)3)23(30)28(22)24/h5-12,15,20H,4,13-14H2,1-3H3,(H,25,29). The molecule has 2 aromatic carbocycles. The molecule has 32 heavy (non-hydrogen) atoms. The predicted molar refractivity (Wildman–Crippen MR) is 129 cm³/mol. The highest BCUT2D eigenvalue weighted by Crippen LogP contribution is 2.34. The van der Waals surface area contributed by atoms with Crippen LogP contribution in [0.15, 0.2) is 58.5 Å². The summed E-state index contributed by atoms with van der Waals surface area (Å²) < 4.78 is 5.42. The minimum Gasteiger partial charge on any atom is -0.494 e. The number of nitrogens with one attached hydrogen (secondary N) is 1. The average Bonchev–Trinajstić information content (AvgIpc) is 3.09. The van der Waals surface area contributed by atoms with E-state index in [-0.39, 0.29) is 17.6 Å². The van der Waals surface area contributed by atoms with Crippen LogP contribution in [0.3, 0.4) is 0 Å². The smallest absolute Gasteiger partial charge is 0.259 e. The molecule has 1 N–H and O–H groups in total. The Bertz CT molecular complexity index is 1080. The van der Waals surface area contributed by atoms with Gasteiger partial charge in [0.15, 0.2) is 5.17 Å². The summed E-state index contributed by atoms with van der Waals surface area (Å²) in [5, 5.41) is 3.36. The van der Waals surface area contributed by atoms with Gasteiger partial charge in [-0.15, -0.1) is 0 Å².